The molecule has 4 heteroatoms. The van der Waals surface area contributed by atoms with Crippen LogP contribution in [0.2, 0.25) is 0 Å². The number of nitrogens with one attached hydrogen (secondary N) is 1. The lowest BCUT2D eigenvalue weighted by atomic mass is 10.1. The lowest BCUT2D eigenvalue weighted by molar-refractivity contribution is 0.264. The van der Waals surface area contributed by atoms with E-state index in [1.807, 2.05) is 0 Å². The van der Waals surface area contributed by atoms with Gasteiger partial charge in [-0.2, -0.15) is 0 Å². The molecule has 1 saturated heterocycles. The van der Waals surface area contributed by atoms with Crippen LogP contribution >= 0.6 is 0 Å². The Kier molecular flexibility index (Phi) is 6.61. The van der Waals surface area contributed by atoms with Crippen LogP contribution in [0.4, 0.5) is 0 Å². The average Bonchev–Trinajstić information content (AvgIpc) is 2.84. The number of rotatable bonds is 8. The molecular formula is C17H30N4. The Morgan fingerprint density at radius 3 is 2.90 bits per heavy atom. The van der Waals surface area contributed by atoms with Crippen LogP contribution in [0.15, 0.2) is 18.2 Å². The van der Waals surface area contributed by atoms with E-state index in [0.29, 0.717) is 0 Å². The summed E-state index contributed by atoms with van der Waals surface area (Å²) in [5.74, 6) is 0.814. The van der Waals surface area contributed by atoms with Crippen molar-refractivity contribution in [3.63, 3.8) is 0 Å². The fourth-order valence-electron chi connectivity index (χ4n) is 3.07. The minimum absolute atomic E-state index is 0.814. The van der Waals surface area contributed by atoms with Crippen LogP contribution in [0.5, 0.6) is 0 Å². The van der Waals surface area contributed by atoms with Crippen molar-refractivity contribution >= 4 is 0 Å². The summed E-state index contributed by atoms with van der Waals surface area (Å²) in [5.41, 5.74) is 2.33. The van der Waals surface area contributed by atoms with Crippen LogP contribution < -0.4 is 5.32 Å². The van der Waals surface area contributed by atoms with Crippen molar-refractivity contribution in [1.29, 1.82) is 0 Å². The molecule has 0 aliphatic carbocycles. The van der Waals surface area contributed by atoms with Gasteiger partial charge >= 0.3 is 0 Å². The first-order chi connectivity index (χ1) is 10.2. The largest absolute Gasteiger partial charge is 0.311 e. The highest BCUT2D eigenvalue weighted by Gasteiger charge is 2.20. The van der Waals surface area contributed by atoms with E-state index in [4.69, 9.17) is 4.98 Å². The first-order valence-corrected chi connectivity index (χ1v) is 8.20. The molecule has 1 aromatic heterocycles. The van der Waals surface area contributed by atoms with E-state index < -0.39 is 0 Å². The van der Waals surface area contributed by atoms with Gasteiger partial charge in [0, 0.05) is 26.2 Å². The predicted octanol–water partition coefficient (Wildman–Crippen LogP) is 1.96. The average molecular weight is 290 g/mol. The van der Waals surface area contributed by atoms with E-state index in [-0.39, 0.29) is 0 Å². The zero-order chi connectivity index (χ0) is 15.1. The maximum absolute atomic E-state index is 4.76. The summed E-state index contributed by atoms with van der Waals surface area (Å²) in [6.07, 6.45) is 2.49. The molecule has 0 radical (unpaired) electrons. The second-order valence-electron chi connectivity index (χ2n) is 6.41. The maximum atomic E-state index is 4.76. The van der Waals surface area contributed by atoms with Crippen LogP contribution in [0, 0.1) is 5.92 Å². The summed E-state index contributed by atoms with van der Waals surface area (Å²) in [4.78, 5) is 9.60. The van der Waals surface area contributed by atoms with Gasteiger partial charge in [-0.25, -0.2) is 0 Å². The smallest absolute Gasteiger partial charge is 0.0547 e. The van der Waals surface area contributed by atoms with Gasteiger partial charge in [0.05, 0.1) is 11.4 Å². The number of hydrogen-bond acceptors (Lipinski definition) is 4. The Labute approximate surface area is 129 Å². The second-order valence-corrected chi connectivity index (χ2v) is 6.41. The number of pyridine rings is 1. The molecule has 0 amide bonds. The molecule has 118 valence electrons. The molecule has 2 rings (SSSR count). The van der Waals surface area contributed by atoms with Crippen molar-refractivity contribution in [3.8, 4) is 0 Å². The molecule has 0 saturated carbocycles. The van der Waals surface area contributed by atoms with Gasteiger partial charge in [0.1, 0.15) is 0 Å². The Morgan fingerprint density at radius 1 is 1.38 bits per heavy atom. The van der Waals surface area contributed by atoms with Gasteiger partial charge < -0.3 is 15.1 Å². The van der Waals surface area contributed by atoms with Gasteiger partial charge in [0.25, 0.3) is 0 Å². The summed E-state index contributed by atoms with van der Waals surface area (Å²) in [6.45, 7) is 8.71. The van der Waals surface area contributed by atoms with E-state index in [1.54, 1.807) is 0 Å². The highest BCUT2D eigenvalue weighted by atomic mass is 15.2. The van der Waals surface area contributed by atoms with Crippen molar-refractivity contribution in [3.05, 3.63) is 29.6 Å². The zero-order valence-corrected chi connectivity index (χ0v) is 13.8. The topological polar surface area (TPSA) is 31.4 Å². The van der Waals surface area contributed by atoms with Crippen molar-refractivity contribution in [2.75, 3.05) is 40.3 Å². The SMILES string of the molecule is CCCNCc1cccc(CN(C)CC2CCN(C)C2)n1. The number of aromatic nitrogens is 1. The van der Waals surface area contributed by atoms with Crippen LogP contribution in [0.1, 0.15) is 31.2 Å². The molecule has 4 nitrogen and oxygen atoms in total. The van der Waals surface area contributed by atoms with Gasteiger partial charge in [-0.3, -0.25) is 4.98 Å². The van der Waals surface area contributed by atoms with Crippen molar-refractivity contribution in [2.24, 2.45) is 5.92 Å². The standard InChI is InChI=1S/C17H30N4/c1-4-9-18-11-16-6-5-7-17(19-16)14-21(3)13-15-8-10-20(2)12-15/h5-7,15,18H,4,8-14H2,1-3H3. The highest BCUT2D eigenvalue weighted by Crippen LogP contribution is 2.16. The van der Waals surface area contributed by atoms with Crippen molar-refractivity contribution < 1.29 is 0 Å². The van der Waals surface area contributed by atoms with Gasteiger partial charge in [0.2, 0.25) is 0 Å². The molecule has 0 spiro atoms. The molecule has 21 heavy (non-hydrogen) atoms. The third-order valence-corrected chi connectivity index (χ3v) is 4.09. The van der Waals surface area contributed by atoms with E-state index >= 15 is 0 Å². The van der Waals surface area contributed by atoms with Gasteiger partial charge in [-0.1, -0.05) is 13.0 Å². The summed E-state index contributed by atoms with van der Waals surface area (Å²) < 4.78 is 0. The number of nitrogens with zero attached hydrogens (tertiary/aromatic N) is 3. The molecular weight excluding hydrogens is 260 g/mol. The number of hydrogen-bond donors (Lipinski definition) is 1. The van der Waals surface area contributed by atoms with Crippen LogP contribution in [-0.2, 0) is 13.1 Å². The minimum Gasteiger partial charge on any atom is -0.311 e. The molecule has 1 fully saturated rings. The summed E-state index contributed by atoms with van der Waals surface area (Å²) in [7, 11) is 4.43. The Balaban J connectivity index is 1.79. The lowest BCUT2D eigenvalue weighted by Crippen LogP contribution is -2.27. The van der Waals surface area contributed by atoms with Gasteiger partial charge in [-0.15, -0.1) is 0 Å². The minimum atomic E-state index is 0.814. The molecule has 1 aliphatic rings. The quantitative estimate of drug-likeness (QED) is 0.742. The molecule has 1 N–H and O–H groups in total. The normalized spacial score (nSPS) is 19.5. The lowest BCUT2D eigenvalue weighted by Gasteiger charge is -2.20. The maximum Gasteiger partial charge on any atom is 0.0547 e. The molecule has 1 unspecified atom stereocenters. The second kappa shape index (κ2) is 8.47. The third kappa shape index (κ3) is 5.73. The molecule has 0 aromatic carbocycles. The predicted molar refractivity (Wildman–Crippen MR) is 88.2 cm³/mol. The van der Waals surface area contributed by atoms with E-state index in [1.165, 1.54) is 31.7 Å². The molecule has 0 bridgehead atoms. The summed E-state index contributed by atoms with van der Waals surface area (Å²) in [6, 6.07) is 6.38. The first-order valence-electron chi connectivity index (χ1n) is 8.20. The molecule has 2 heterocycles. The molecule has 1 aromatic rings. The highest BCUT2D eigenvalue weighted by molar-refractivity contribution is 5.11. The van der Waals surface area contributed by atoms with E-state index in [2.05, 4.69) is 54.3 Å². The van der Waals surface area contributed by atoms with Crippen molar-refractivity contribution in [2.45, 2.75) is 32.9 Å². The van der Waals surface area contributed by atoms with Crippen LogP contribution in [-0.4, -0.2) is 55.1 Å². The van der Waals surface area contributed by atoms with E-state index in [0.717, 1.165) is 37.7 Å². The number of likely N-dealkylation sites (tertiary alicyclic amines) is 1. The van der Waals surface area contributed by atoms with Crippen molar-refractivity contribution in [1.82, 2.24) is 20.1 Å². The van der Waals surface area contributed by atoms with Crippen LogP contribution in [0.25, 0.3) is 0 Å². The first kappa shape index (κ1) is 16.4. The molecule has 1 aliphatic heterocycles. The molecule has 1 atom stereocenters. The summed E-state index contributed by atoms with van der Waals surface area (Å²) >= 11 is 0. The van der Waals surface area contributed by atoms with Gasteiger partial charge in [-0.05, 0) is 58.1 Å². The Morgan fingerprint density at radius 2 is 2.19 bits per heavy atom. The fourth-order valence-corrected chi connectivity index (χ4v) is 3.07. The zero-order valence-electron chi connectivity index (χ0n) is 13.8. The van der Waals surface area contributed by atoms with E-state index in [9.17, 15) is 0 Å². The monoisotopic (exact) mass is 290 g/mol. The third-order valence-electron chi connectivity index (χ3n) is 4.09. The Bertz CT molecular complexity index is 421. The Hall–Kier alpha value is -0.970. The summed E-state index contributed by atoms with van der Waals surface area (Å²) in [5, 5.41) is 3.41. The van der Waals surface area contributed by atoms with Crippen LogP contribution in [0.3, 0.4) is 0 Å². The fraction of sp³-hybridized carbons (Fsp3) is 0.706. The van der Waals surface area contributed by atoms with Gasteiger partial charge in [0.15, 0.2) is 0 Å².